The van der Waals surface area contributed by atoms with Crippen LogP contribution in [0.25, 0.3) is 0 Å². The van der Waals surface area contributed by atoms with E-state index in [1.54, 1.807) is 0 Å². The standard InChI is InChI=1S/C13H27N3/c1-3-14(4-2)13-9-5-6-12-16(13)15-10-7-8-11-15/h13H,3-12H2,1-2H3. The minimum atomic E-state index is 0.682. The Hall–Kier alpha value is -0.120. The smallest absolute Gasteiger partial charge is 0.0759 e. The van der Waals surface area contributed by atoms with Crippen LogP contribution in [0.2, 0.25) is 0 Å². The molecule has 0 N–H and O–H groups in total. The lowest BCUT2D eigenvalue weighted by molar-refractivity contribution is -0.117. The first-order valence-electron chi connectivity index (χ1n) is 7.12. The number of piperidine rings is 1. The quantitative estimate of drug-likeness (QED) is 0.726. The third kappa shape index (κ3) is 2.58. The highest BCUT2D eigenvalue weighted by Crippen LogP contribution is 2.24. The van der Waals surface area contributed by atoms with Crippen LogP contribution in [0.3, 0.4) is 0 Å². The second kappa shape index (κ2) is 5.99. The predicted molar refractivity (Wildman–Crippen MR) is 68.1 cm³/mol. The molecule has 2 rings (SSSR count). The van der Waals surface area contributed by atoms with Gasteiger partial charge in [0.2, 0.25) is 0 Å². The van der Waals surface area contributed by atoms with Crippen molar-refractivity contribution in [3.8, 4) is 0 Å². The molecule has 0 aromatic carbocycles. The summed E-state index contributed by atoms with van der Waals surface area (Å²) < 4.78 is 0. The van der Waals surface area contributed by atoms with Crippen LogP contribution in [0.5, 0.6) is 0 Å². The van der Waals surface area contributed by atoms with Crippen molar-refractivity contribution in [1.82, 2.24) is 14.9 Å². The lowest BCUT2D eigenvalue weighted by Crippen LogP contribution is -2.57. The molecule has 0 bridgehead atoms. The van der Waals surface area contributed by atoms with Crippen LogP contribution < -0.4 is 0 Å². The van der Waals surface area contributed by atoms with E-state index in [1.807, 2.05) is 0 Å². The van der Waals surface area contributed by atoms with Gasteiger partial charge in [-0.15, -0.1) is 0 Å². The summed E-state index contributed by atoms with van der Waals surface area (Å²) in [6, 6.07) is 0. The Morgan fingerprint density at radius 3 is 2.19 bits per heavy atom. The molecule has 0 aromatic rings. The van der Waals surface area contributed by atoms with Gasteiger partial charge in [0.05, 0.1) is 6.17 Å². The monoisotopic (exact) mass is 225 g/mol. The summed E-state index contributed by atoms with van der Waals surface area (Å²) >= 11 is 0. The summed E-state index contributed by atoms with van der Waals surface area (Å²) in [4.78, 5) is 2.62. The van der Waals surface area contributed by atoms with Crippen LogP contribution in [0.1, 0.15) is 46.0 Å². The first-order valence-corrected chi connectivity index (χ1v) is 7.12. The van der Waals surface area contributed by atoms with E-state index in [-0.39, 0.29) is 0 Å². The van der Waals surface area contributed by atoms with Gasteiger partial charge in [0.1, 0.15) is 0 Å². The molecule has 1 atom stereocenters. The molecule has 2 heterocycles. The fraction of sp³-hybridized carbons (Fsp3) is 1.00. The third-order valence-corrected chi connectivity index (χ3v) is 4.12. The number of hydrazine groups is 1. The zero-order valence-corrected chi connectivity index (χ0v) is 11.0. The highest BCUT2D eigenvalue weighted by molar-refractivity contribution is 4.78. The molecule has 0 aromatic heterocycles. The van der Waals surface area contributed by atoms with Crippen molar-refractivity contribution in [3.05, 3.63) is 0 Å². The third-order valence-electron chi connectivity index (χ3n) is 4.12. The largest absolute Gasteiger partial charge is 0.287 e. The fourth-order valence-corrected chi connectivity index (χ4v) is 3.20. The molecular formula is C13H27N3. The van der Waals surface area contributed by atoms with Gasteiger partial charge < -0.3 is 0 Å². The van der Waals surface area contributed by atoms with Gasteiger partial charge in [-0.25, -0.2) is 10.0 Å². The summed E-state index contributed by atoms with van der Waals surface area (Å²) in [6.07, 6.45) is 7.61. The van der Waals surface area contributed by atoms with Crippen LogP contribution in [0.15, 0.2) is 0 Å². The maximum Gasteiger partial charge on any atom is 0.0759 e. The maximum atomic E-state index is 2.67. The molecule has 2 saturated heterocycles. The summed E-state index contributed by atoms with van der Waals surface area (Å²) in [6.45, 7) is 10.8. The Kier molecular flexibility index (Phi) is 4.62. The van der Waals surface area contributed by atoms with Gasteiger partial charge in [0.15, 0.2) is 0 Å². The second-order valence-electron chi connectivity index (χ2n) is 5.02. The zero-order chi connectivity index (χ0) is 11.4. The van der Waals surface area contributed by atoms with E-state index in [2.05, 4.69) is 28.8 Å². The molecule has 2 fully saturated rings. The van der Waals surface area contributed by atoms with Gasteiger partial charge in [-0.05, 0) is 45.2 Å². The Morgan fingerprint density at radius 2 is 1.56 bits per heavy atom. The van der Waals surface area contributed by atoms with Crippen LogP contribution >= 0.6 is 0 Å². The van der Waals surface area contributed by atoms with Crippen molar-refractivity contribution in [2.75, 3.05) is 32.7 Å². The minimum absolute atomic E-state index is 0.682. The van der Waals surface area contributed by atoms with Crippen LogP contribution in [-0.2, 0) is 0 Å². The molecule has 16 heavy (non-hydrogen) atoms. The summed E-state index contributed by atoms with van der Waals surface area (Å²) in [7, 11) is 0. The van der Waals surface area contributed by atoms with Gasteiger partial charge in [0, 0.05) is 19.6 Å². The van der Waals surface area contributed by atoms with E-state index < -0.39 is 0 Å². The van der Waals surface area contributed by atoms with E-state index in [9.17, 15) is 0 Å². The SMILES string of the molecule is CCN(CC)C1CCCCN1N1CCCC1. The molecule has 3 heteroatoms. The topological polar surface area (TPSA) is 9.72 Å². The highest BCUT2D eigenvalue weighted by atomic mass is 15.7. The van der Waals surface area contributed by atoms with Crippen molar-refractivity contribution < 1.29 is 0 Å². The van der Waals surface area contributed by atoms with Crippen molar-refractivity contribution in [3.63, 3.8) is 0 Å². The van der Waals surface area contributed by atoms with Gasteiger partial charge >= 0.3 is 0 Å². The number of rotatable bonds is 4. The predicted octanol–water partition coefficient (Wildman–Crippen LogP) is 2.15. The Bertz CT molecular complexity index is 187. The molecule has 0 radical (unpaired) electrons. The minimum Gasteiger partial charge on any atom is -0.287 e. The summed E-state index contributed by atoms with van der Waals surface area (Å²) in [5.74, 6) is 0. The molecule has 0 spiro atoms. The molecule has 94 valence electrons. The number of nitrogens with zero attached hydrogens (tertiary/aromatic N) is 3. The lowest BCUT2D eigenvalue weighted by atomic mass is 10.1. The van der Waals surface area contributed by atoms with Crippen LogP contribution in [-0.4, -0.2) is 53.8 Å². The van der Waals surface area contributed by atoms with Crippen molar-refractivity contribution in [2.45, 2.75) is 52.1 Å². The van der Waals surface area contributed by atoms with E-state index in [1.165, 1.54) is 64.8 Å². The molecule has 3 nitrogen and oxygen atoms in total. The molecule has 0 amide bonds. The Balaban J connectivity index is 2.00. The molecule has 0 saturated carbocycles. The molecule has 2 aliphatic rings. The van der Waals surface area contributed by atoms with Crippen LogP contribution in [0, 0.1) is 0 Å². The van der Waals surface area contributed by atoms with E-state index >= 15 is 0 Å². The Morgan fingerprint density at radius 1 is 0.938 bits per heavy atom. The van der Waals surface area contributed by atoms with Gasteiger partial charge in [-0.3, -0.25) is 4.90 Å². The Labute approximate surface area is 100 Å². The average molecular weight is 225 g/mol. The maximum absolute atomic E-state index is 2.67. The van der Waals surface area contributed by atoms with E-state index in [0.717, 1.165) is 0 Å². The van der Waals surface area contributed by atoms with Crippen molar-refractivity contribution in [1.29, 1.82) is 0 Å². The van der Waals surface area contributed by atoms with Gasteiger partial charge in [-0.1, -0.05) is 13.8 Å². The highest BCUT2D eigenvalue weighted by Gasteiger charge is 2.31. The van der Waals surface area contributed by atoms with Gasteiger partial charge in [-0.2, -0.15) is 0 Å². The number of hydrogen-bond acceptors (Lipinski definition) is 3. The normalized spacial score (nSPS) is 29.1. The number of hydrogen-bond donors (Lipinski definition) is 0. The van der Waals surface area contributed by atoms with Gasteiger partial charge in [0.25, 0.3) is 0 Å². The van der Waals surface area contributed by atoms with E-state index in [4.69, 9.17) is 0 Å². The first-order chi connectivity index (χ1) is 7.86. The molecule has 1 unspecified atom stereocenters. The van der Waals surface area contributed by atoms with E-state index in [0.29, 0.717) is 6.17 Å². The molecular weight excluding hydrogens is 198 g/mol. The fourth-order valence-electron chi connectivity index (χ4n) is 3.20. The molecule has 2 aliphatic heterocycles. The first kappa shape index (κ1) is 12.3. The van der Waals surface area contributed by atoms with Crippen molar-refractivity contribution >= 4 is 0 Å². The van der Waals surface area contributed by atoms with Crippen LogP contribution in [0.4, 0.5) is 0 Å². The zero-order valence-electron chi connectivity index (χ0n) is 11.0. The summed E-state index contributed by atoms with van der Waals surface area (Å²) in [5.41, 5.74) is 0. The average Bonchev–Trinajstić information content (AvgIpc) is 2.85. The molecule has 0 aliphatic carbocycles. The van der Waals surface area contributed by atoms with Crippen molar-refractivity contribution in [2.24, 2.45) is 0 Å². The lowest BCUT2D eigenvalue weighted by Gasteiger charge is -2.46. The summed E-state index contributed by atoms with van der Waals surface area (Å²) in [5, 5.41) is 5.28. The second-order valence-corrected chi connectivity index (χ2v) is 5.02.